The average Bonchev–Trinajstić information content (AvgIpc) is 2.12. The molecule has 0 fully saturated rings. The van der Waals surface area contributed by atoms with Crippen LogP contribution in [0.5, 0.6) is 0 Å². The quantitative estimate of drug-likeness (QED) is 0.649. The van der Waals surface area contributed by atoms with Gasteiger partial charge in [-0.2, -0.15) is 0 Å². The molecule has 90 valence electrons. The number of methoxy groups -OCH3 is 1. The molecular weight excluding hydrogens is 190 g/mol. The molecule has 0 radical (unpaired) electrons. The summed E-state index contributed by atoms with van der Waals surface area (Å²) in [5, 5.41) is 0. The molecule has 0 N–H and O–H groups in total. The molecule has 15 heavy (non-hydrogen) atoms. The summed E-state index contributed by atoms with van der Waals surface area (Å²) in [4.78, 5) is 14.1. The van der Waals surface area contributed by atoms with Crippen molar-refractivity contribution in [2.24, 2.45) is 11.3 Å². The van der Waals surface area contributed by atoms with Crippen LogP contribution in [0.1, 0.15) is 27.7 Å². The summed E-state index contributed by atoms with van der Waals surface area (Å²) < 4.78 is 5.01. The molecule has 0 amide bonds. The molecule has 0 spiro atoms. The van der Waals surface area contributed by atoms with Gasteiger partial charge in [0.1, 0.15) is 5.78 Å². The molecule has 0 aliphatic heterocycles. The molecule has 0 unspecified atom stereocenters. The summed E-state index contributed by atoms with van der Waals surface area (Å²) in [6.07, 6.45) is 0. The predicted octanol–water partition coefficient (Wildman–Crippen LogP) is 1.82. The second kappa shape index (κ2) is 6.23. The minimum Gasteiger partial charge on any atom is -0.383 e. The first kappa shape index (κ1) is 14.6. The van der Waals surface area contributed by atoms with Gasteiger partial charge in [0.25, 0.3) is 0 Å². The molecule has 0 aliphatic carbocycles. The van der Waals surface area contributed by atoms with Crippen molar-refractivity contribution in [1.29, 1.82) is 0 Å². The second-order valence-corrected chi connectivity index (χ2v) is 5.13. The van der Waals surface area contributed by atoms with Crippen molar-refractivity contribution in [3.05, 3.63) is 0 Å². The molecular formula is C12H25NO2. The number of Topliss-reactive ketones (excluding diaryl/α,β-unsaturated/α-hetero) is 1. The molecule has 0 bridgehead atoms. The Kier molecular flexibility index (Phi) is 6.06. The van der Waals surface area contributed by atoms with Gasteiger partial charge in [-0.15, -0.1) is 0 Å². The van der Waals surface area contributed by atoms with Gasteiger partial charge in [0.15, 0.2) is 0 Å². The van der Waals surface area contributed by atoms with Crippen LogP contribution in [0.15, 0.2) is 0 Å². The third kappa shape index (κ3) is 5.28. The van der Waals surface area contributed by atoms with Crippen LogP contribution in [-0.4, -0.2) is 44.5 Å². The highest BCUT2D eigenvalue weighted by molar-refractivity contribution is 5.85. The van der Waals surface area contributed by atoms with E-state index in [1.807, 2.05) is 34.7 Å². The first-order valence-electron chi connectivity index (χ1n) is 5.53. The van der Waals surface area contributed by atoms with Gasteiger partial charge in [-0.05, 0) is 7.05 Å². The van der Waals surface area contributed by atoms with Crippen molar-refractivity contribution in [3.8, 4) is 0 Å². The van der Waals surface area contributed by atoms with Crippen LogP contribution in [0, 0.1) is 11.3 Å². The van der Waals surface area contributed by atoms with Gasteiger partial charge in [0, 0.05) is 31.5 Å². The normalized spacial score (nSPS) is 12.5. The van der Waals surface area contributed by atoms with E-state index >= 15 is 0 Å². The molecule has 0 heterocycles. The summed E-state index contributed by atoms with van der Waals surface area (Å²) >= 11 is 0. The van der Waals surface area contributed by atoms with Crippen LogP contribution >= 0.6 is 0 Å². The van der Waals surface area contributed by atoms with E-state index in [1.54, 1.807) is 7.11 Å². The van der Waals surface area contributed by atoms with E-state index in [0.717, 1.165) is 13.1 Å². The zero-order chi connectivity index (χ0) is 12.1. The lowest BCUT2D eigenvalue weighted by molar-refractivity contribution is -0.131. The molecule has 0 aromatic carbocycles. The van der Waals surface area contributed by atoms with E-state index in [9.17, 15) is 4.79 Å². The molecule has 0 saturated heterocycles. The first-order valence-corrected chi connectivity index (χ1v) is 5.53. The summed E-state index contributed by atoms with van der Waals surface area (Å²) in [6.45, 7) is 10.3. The lowest BCUT2D eigenvalue weighted by Crippen LogP contribution is -2.40. The Labute approximate surface area is 93.8 Å². The van der Waals surface area contributed by atoms with Crippen LogP contribution in [0.2, 0.25) is 0 Å². The highest BCUT2D eigenvalue weighted by Crippen LogP contribution is 2.22. The number of likely N-dealkylation sites (N-methyl/N-ethyl adjacent to an activating group) is 1. The van der Waals surface area contributed by atoms with Crippen molar-refractivity contribution >= 4 is 5.78 Å². The number of ketones is 1. The fourth-order valence-corrected chi connectivity index (χ4v) is 1.86. The van der Waals surface area contributed by atoms with Gasteiger partial charge >= 0.3 is 0 Å². The summed E-state index contributed by atoms with van der Waals surface area (Å²) in [5.74, 6) is 0.433. The number of hydrogen-bond acceptors (Lipinski definition) is 3. The molecule has 3 heteroatoms. The molecule has 3 nitrogen and oxygen atoms in total. The van der Waals surface area contributed by atoms with E-state index in [4.69, 9.17) is 4.74 Å². The molecule has 0 atom stereocenters. The van der Waals surface area contributed by atoms with E-state index in [1.165, 1.54) is 0 Å². The molecule has 0 aromatic rings. The van der Waals surface area contributed by atoms with E-state index < -0.39 is 0 Å². The maximum absolute atomic E-state index is 11.9. The van der Waals surface area contributed by atoms with Gasteiger partial charge in [-0.1, -0.05) is 27.7 Å². The Balaban J connectivity index is 4.18. The highest BCUT2D eigenvalue weighted by Gasteiger charge is 2.30. The Morgan fingerprint density at radius 2 is 1.93 bits per heavy atom. The largest absolute Gasteiger partial charge is 0.383 e. The standard InChI is InChI=1S/C12H25NO2/c1-10(2)11(14)12(3,4)9-13(5)7-8-15-6/h10H,7-9H2,1-6H3. The average molecular weight is 215 g/mol. The lowest BCUT2D eigenvalue weighted by atomic mass is 9.82. The number of carbonyl (C=O) groups excluding carboxylic acids is 1. The number of nitrogens with zero attached hydrogens (tertiary/aromatic N) is 1. The summed E-state index contributed by atoms with van der Waals surface area (Å²) in [5.41, 5.74) is -0.267. The van der Waals surface area contributed by atoms with Crippen molar-refractivity contribution in [1.82, 2.24) is 4.90 Å². The van der Waals surface area contributed by atoms with Crippen LogP contribution in [-0.2, 0) is 9.53 Å². The van der Waals surface area contributed by atoms with Crippen molar-refractivity contribution in [2.45, 2.75) is 27.7 Å². The Morgan fingerprint density at radius 3 is 2.33 bits per heavy atom. The number of hydrogen-bond donors (Lipinski definition) is 0. The topological polar surface area (TPSA) is 29.5 Å². The smallest absolute Gasteiger partial charge is 0.142 e. The fraction of sp³-hybridized carbons (Fsp3) is 0.917. The van der Waals surface area contributed by atoms with Gasteiger partial charge in [0.2, 0.25) is 0 Å². The summed E-state index contributed by atoms with van der Waals surface area (Å²) in [7, 11) is 3.71. The van der Waals surface area contributed by atoms with E-state index in [-0.39, 0.29) is 11.3 Å². The van der Waals surface area contributed by atoms with Crippen molar-refractivity contribution < 1.29 is 9.53 Å². The lowest BCUT2D eigenvalue weighted by Gasteiger charge is -2.30. The third-order valence-electron chi connectivity index (χ3n) is 2.53. The van der Waals surface area contributed by atoms with Crippen LogP contribution in [0.3, 0.4) is 0 Å². The van der Waals surface area contributed by atoms with Crippen LogP contribution in [0.4, 0.5) is 0 Å². The van der Waals surface area contributed by atoms with Gasteiger partial charge < -0.3 is 9.64 Å². The Bertz CT molecular complexity index is 200. The summed E-state index contributed by atoms with van der Waals surface area (Å²) in [6, 6.07) is 0. The first-order chi connectivity index (χ1) is 6.81. The van der Waals surface area contributed by atoms with Crippen molar-refractivity contribution in [2.75, 3.05) is 33.9 Å². The highest BCUT2D eigenvalue weighted by atomic mass is 16.5. The SMILES string of the molecule is COCCN(C)CC(C)(C)C(=O)C(C)C. The van der Waals surface area contributed by atoms with Crippen molar-refractivity contribution in [3.63, 3.8) is 0 Å². The van der Waals surface area contributed by atoms with Gasteiger partial charge in [0.05, 0.1) is 6.61 Å². The molecule has 0 saturated carbocycles. The van der Waals surface area contributed by atoms with Gasteiger partial charge in [-0.3, -0.25) is 4.79 Å². The predicted molar refractivity (Wildman–Crippen MR) is 63.0 cm³/mol. The maximum atomic E-state index is 11.9. The van der Waals surface area contributed by atoms with Crippen LogP contribution < -0.4 is 0 Å². The minimum absolute atomic E-state index is 0.107. The molecule has 0 rings (SSSR count). The maximum Gasteiger partial charge on any atom is 0.142 e. The molecule has 0 aliphatic rings. The zero-order valence-electron chi connectivity index (χ0n) is 11.0. The number of rotatable bonds is 7. The third-order valence-corrected chi connectivity index (χ3v) is 2.53. The zero-order valence-corrected chi connectivity index (χ0v) is 11.0. The second-order valence-electron chi connectivity index (χ2n) is 5.13. The van der Waals surface area contributed by atoms with E-state index in [2.05, 4.69) is 4.90 Å². The van der Waals surface area contributed by atoms with Gasteiger partial charge in [-0.25, -0.2) is 0 Å². The van der Waals surface area contributed by atoms with Crippen LogP contribution in [0.25, 0.3) is 0 Å². The van der Waals surface area contributed by atoms with E-state index in [0.29, 0.717) is 12.4 Å². The Hall–Kier alpha value is -0.410. The number of carbonyl (C=O) groups is 1. The minimum atomic E-state index is -0.267. The molecule has 0 aromatic heterocycles. The Morgan fingerprint density at radius 1 is 1.40 bits per heavy atom. The number of ether oxygens (including phenoxy) is 1. The fourth-order valence-electron chi connectivity index (χ4n) is 1.86. The monoisotopic (exact) mass is 215 g/mol.